The topological polar surface area (TPSA) is 67.4 Å². The molecule has 2 rings (SSSR count). The fourth-order valence-corrected chi connectivity index (χ4v) is 2.30. The molecule has 132 valence electrons. The van der Waals surface area contributed by atoms with Gasteiger partial charge in [0.25, 0.3) is 0 Å². The van der Waals surface area contributed by atoms with Gasteiger partial charge in [-0.25, -0.2) is 0 Å². The van der Waals surface area contributed by atoms with E-state index >= 15 is 0 Å². The molecule has 2 N–H and O–H groups in total. The minimum absolute atomic E-state index is 0.0337. The zero-order chi connectivity index (χ0) is 18.2. The van der Waals surface area contributed by atoms with Crippen molar-refractivity contribution in [1.29, 1.82) is 0 Å². The lowest BCUT2D eigenvalue weighted by Gasteiger charge is -2.10. The molecule has 5 nitrogen and oxygen atoms in total. The van der Waals surface area contributed by atoms with Crippen LogP contribution >= 0.6 is 0 Å². The Morgan fingerprint density at radius 3 is 2.16 bits per heavy atom. The summed E-state index contributed by atoms with van der Waals surface area (Å²) in [4.78, 5) is 23.8. The number of hydrogen-bond donors (Lipinski definition) is 2. The Bertz CT molecular complexity index is 724. The molecule has 0 spiro atoms. The maximum atomic E-state index is 12.1. The summed E-state index contributed by atoms with van der Waals surface area (Å²) in [6, 6.07) is 14.8. The highest BCUT2D eigenvalue weighted by atomic mass is 16.5. The molecule has 0 bridgehead atoms. The van der Waals surface area contributed by atoms with Gasteiger partial charge in [0.1, 0.15) is 5.75 Å². The molecule has 0 fully saturated rings. The van der Waals surface area contributed by atoms with Gasteiger partial charge in [-0.2, -0.15) is 0 Å². The normalized spacial score (nSPS) is 10.4. The largest absolute Gasteiger partial charge is 0.496 e. The van der Waals surface area contributed by atoms with Gasteiger partial charge in [0.2, 0.25) is 11.8 Å². The molecule has 0 radical (unpaired) electrons. The van der Waals surface area contributed by atoms with E-state index in [2.05, 4.69) is 10.6 Å². The van der Waals surface area contributed by atoms with Crippen LogP contribution in [-0.4, -0.2) is 18.9 Å². The molecule has 0 heterocycles. The van der Waals surface area contributed by atoms with Crippen LogP contribution in [0.5, 0.6) is 5.75 Å². The average Bonchev–Trinajstić information content (AvgIpc) is 2.61. The third-order valence-corrected chi connectivity index (χ3v) is 3.77. The first-order chi connectivity index (χ1) is 12.0. The number of amides is 2. The fourth-order valence-electron chi connectivity index (χ4n) is 2.30. The summed E-state index contributed by atoms with van der Waals surface area (Å²) >= 11 is 0. The van der Waals surface area contributed by atoms with Crippen LogP contribution in [0.1, 0.15) is 25.8 Å². The van der Waals surface area contributed by atoms with Crippen LogP contribution in [0.3, 0.4) is 0 Å². The maximum Gasteiger partial charge on any atom is 0.226 e. The molecule has 0 unspecified atom stereocenters. The van der Waals surface area contributed by atoms with Gasteiger partial charge in [-0.1, -0.05) is 32.0 Å². The zero-order valence-electron chi connectivity index (χ0n) is 14.8. The fraction of sp³-hybridized carbons (Fsp3) is 0.300. The van der Waals surface area contributed by atoms with Crippen LogP contribution < -0.4 is 15.4 Å². The van der Waals surface area contributed by atoms with Crippen LogP contribution in [0, 0.1) is 5.92 Å². The van der Waals surface area contributed by atoms with Crippen molar-refractivity contribution in [3.8, 4) is 5.75 Å². The molecule has 0 aromatic heterocycles. The van der Waals surface area contributed by atoms with Crippen LogP contribution in [0.25, 0.3) is 0 Å². The van der Waals surface area contributed by atoms with Crippen molar-refractivity contribution in [3.63, 3.8) is 0 Å². The van der Waals surface area contributed by atoms with Crippen LogP contribution in [0.2, 0.25) is 0 Å². The van der Waals surface area contributed by atoms with Gasteiger partial charge >= 0.3 is 0 Å². The Labute approximate surface area is 148 Å². The second-order valence-electron chi connectivity index (χ2n) is 6.08. The van der Waals surface area contributed by atoms with Crippen LogP contribution in [-0.2, 0) is 16.0 Å². The molecule has 0 saturated heterocycles. The number of carbonyl (C=O) groups excluding carboxylic acids is 2. The van der Waals surface area contributed by atoms with Gasteiger partial charge in [-0.3, -0.25) is 9.59 Å². The summed E-state index contributed by atoms with van der Waals surface area (Å²) in [6.45, 7) is 3.68. The SMILES string of the molecule is COc1ccccc1CCC(=O)Nc1ccc(NC(=O)C(C)C)cc1. The second-order valence-corrected chi connectivity index (χ2v) is 6.08. The molecular weight excluding hydrogens is 316 g/mol. The lowest BCUT2D eigenvalue weighted by molar-refractivity contribution is -0.119. The molecular formula is C20H24N2O3. The third kappa shape index (κ3) is 5.64. The van der Waals surface area contributed by atoms with Crippen molar-refractivity contribution in [2.75, 3.05) is 17.7 Å². The van der Waals surface area contributed by atoms with Gasteiger partial charge in [0.15, 0.2) is 0 Å². The lowest BCUT2D eigenvalue weighted by atomic mass is 10.1. The first kappa shape index (κ1) is 18.5. The molecule has 2 aromatic carbocycles. The number of carbonyl (C=O) groups is 2. The Hall–Kier alpha value is -2.82. The van der Waals surface area contributed by atoms with Crippen molar-refractivity contribution < 1.29 is 14.3 Å². The van der Waals surface area contributed by atoms with Gasteiger partial charge in [-0.15, -0.1) is 0 Å². The number of nitrogens with one attached hydrogen (secondary N) is 2. The smallest absolute Gasteiger partial charge is 0.226 e. The van der Waals surface area contributed by atoms with Gasteiger partial charge in [0.05, 0.1) is 7.11 Å². The molecule has 5 heteroatoms. The number of methoxy groups -OCH3 is 1. The molecule has 2 amide bonds. The molecule has 0 aliphatic rings. The van der Waals surface area contributed by atoms with Crippen molar-refractivity contribution in [2.24, 2.45) is 5.92 Å². The van der Waals surface area contributed by atoms with Crippen molar-refractivity contribution in [2.45, 2.75) is 26.7 Å². The Kier molecular flexibility index (Phi) is 6.57. The minimum atomic E-state index is -0.0747. The average molecular weight is 340 g/mol. The van der Waals surface area contributed by atoms with Gasteiger partial charge in [0, 0.05) is 23.7 Å². The summed E-state index contributed by atoms with van der Waals surface area (Å²) in [7, 11) is 1.62. The summed E-state index contributed by atoms with van der Waals surface area (Å²) in [5, 5.41) is 5.68. The number of anilines is 2. The maximum absolute atomic E-state index is 12.1. The number of ether oxygens (including phenoxy) is 1. The van der Waals surface area contributed by atoms with E-state index in [0.29, 0.717) is 24.2 Å². The minimum Gasteiger partial charge on any atom is -0.496 e. The predicted octanol–water partition coefficient (Wildman–Crippen LogP) is 3.86. The van der Waals surface area contributed by atoms with E-state index in [1.807, 2.05) is 38.1 Å². The van der Waals surface area contributed by atoms with Crippen molar-refractivity contribution in [1.82, 2.24) is 0 Å². The quantitative estimate of drug-likeness (QED) is 0.804. The van der Waals surface area contributed by atoms with E-state index in [1.165, 1.54) is 0 Å². The number of aryl methyl sites for hydroxylation is 1. The summed E-state index contributed by atoms with van der Waals surface area (Å²) in [5.41, 5.74) is 2.42. The van der Waals surface area contributed by atoms with Crippen LogP contribution in [0.4, 0.5) is 11.4 Å². The zero-order valence-corrected chi connectivity index (χ0v) is 14.8. The number of benzene rings is 2. The summed E-state index contributed by atoms with van der Waals surface area (Å²) < 4.78 is 5.29. The molecule has 2 aromatic rings. The first-order valence-corrected chi connectivity index (χ1v) is 8.32. The first-order valence-electron chi connectivity index (χ1n) is 8.32. The van der Waals surface area contributed by atoms with E-state index < -0.39 is 0 Å². The van der Waals surface area contributed by atoms with E-state index in [4.69, 9.17) is 4.74 Å². The van der Waals surface area contributed by atoms with E-state index in [0.717, 1.165) is 11.3 Å². The second kappa shape index (κ2) is 8.87. The summed E-state index contributed by atoms with van der Waals surface area (Å²) in [5.74, 6) is 0.619. The predicted molar refractivity (Wildman–Crippen MR) is 99.9 cm³/mol. The Morgan fingerprint density at radius 2 is 1.56 bits per heavy atom. The lowest BCUT2D eigenvalue weighted by Crippen LogP contribution is -2.17. The number of hydrogen-bond acceptors (Lipinski definition) is 3. The molecule has 0 aliphatic carbocycles. The Balaban J connectivity index is 1.87. The van der Waals surface area contributed by atoms with E-state index in [-0.39, 0.29) is 17.7 Å². The molecule has 0 atom stereocenters. The summed E-state index contributed by atoms with van der Waals surface area (Å²) in [6.07, 6.45) is 0.977. The highest BCUT2D eigenvalue weighted by Crippen LogP contribution is 2.19. The number of para-hydroxylation sites is 1. The van der Waals surface area contributed by atoms with Gasteiger partial charge < -0.3 is 15.4 Å². The van der Waals surface area contributed by atoms with E-state index in [9.17, 15) is 9.59 Å². The van der Waals surface area contributed by atoms with Gasteiger partial charge in [-0.05, 0) is 42.3 Å². The van der Waals surface area contributed by atoms with Crippen molar-refractivity contribution in [3.05, 3.63) is 54.1 Å². The Morgan fingerprint density at radius 1 is 0.960 bits per heavy atom. The van der Waals surface area contributed by atoms with E-state index in [1.54, 1.807) is 31.4 Å². The standard InChI is InChI=1S/C20H24N2O3/c1-14(2)20(24)22-17-11-9-16(10-12-17)21-19(23)13-8-15-6-4-5-7-18(15)25-3/h4-7,9-12,14H,8,13H2,1-3H3,(H,21,23)(H,22,24). The monoisotopic (exact) mass is 340 g/mol. The molecule has 25 heavy (non-hydrogen) atoms. The molecule has 0 aliphatic heterocycles. The molecule has 0 saturated carbocycles. The highest BCUT2D eigenvalue weighted by Gasteiger charge is 2.08. The third-order valence-electron chi connectivity index (χ3n) is 3.77. The van der Waals surface area contributed by atoms with Crippen LogP contribution in [0.15, 0.2) is 48.5 Å². The van der Waals surface area contributed by atoms with Crippen molar-refractivity contribution >= 4 is 23.2 Å². The number of rotatable bonds is 7. The highest BCUT2D eigenvalue weighted by molar-refractivity contribution is 5.93.